The van der Waals surface area contributed by atoms with E-state index in [4.69, 9.17) is 14.2 Å². The minimum absolute atomic E-state index is 0.0867. The van der Waals surface area contributed by atoms with E-state index in [9.17, 15) is 14.4 Å². The van der Waals surface area contributed by atoms with Gasteiger partial charge in [0.25, 0.3) is 0 Å². The van der Waals surface area contributed by atoms with E-state index in [1.165, 1.54) is 128 Å². The number of hydrogen-bond acceptors (Lipinski definition) is 6. The number of hydrogen-bond donors (Lipinski definition) is 0. The Morgan fingerprint density at radius 1 is 0.339 bits per heavy atom. The summed E-state index contributed by atoms with van der Waals surface area (Å²) >= 11 is 0. The Balaban J connectivity index is 4.27. The van der Waals surface area contributed by atoms with Gasteiger partial charge in [-0.25, -0.2) is 0 Å². The molecule has 0 heterocycles. The summed E-state index contributed by atoms with van der Waals surface area (Å²) in [6.07, 6.45) is 51.5. The number of ether oxygens (including phenoxy) is 3. The quantitative estimate of drug-likeness (QED) is 0.0265. The molecule has 0 saturated carbocycles. The van der Waals surface area contributed by atoms with E-state index in [1.807, 2.05) is 0 Å². The molecule has 6 nitrogen and oxygen atoms in total. The Morgan fingerprint density at radius 3 is 1.04 bits per heavy atom. The fourth-order valence-corrected chi connectivity index (χ4v) is 6.66. The van der Waals surface area contributed by atoms with Crippen LogP contribution < -0.4 is 0 Å². The lowest BCUT2D eigenvalue weighted by Crippen LogP contribution is -2.30. The molecule has 1 atom stereocenters. The molecule has 0 radical (unpaired) electrons. The number of esters is 3. The van der Waals surface area contributed by atoms with Gasteiger partial charge >= 0.3 is 17.9 Å². The predicted octanol–water partition coefficient (Wildman–Crippen LogP) is 15.4. The second-order valence-corrected chi connectivity index (χ2v) is 16.0. The summed E-state index contributed by atoms with van der Waals surface area (Å²) in [7, 11) is 0. The fraction of sp³-hybridized carbons (Fsp3) is 0.820. The van der Waals surface area contributed by atoms with E-state index in [0.717, 1.165) is 77.0 Å². The highest BCUT2D eigenvalue weighted by Crippen LogP contribution is 2.14. The molecule has 0 saturated heterocycles. The van der Waals surface area contributed by atoms with Crippen molar-refractivity contribution in [2.75, 3.05) is 13.2 Å². The molecule has 0 fully saturated rings. The molecule has 0 spiro atoms. The monoisotopic (exact) mass is 787 g/mol. The Hall–Kier alpha value is -2.37. The van der Waals surface area contributed by atoms with Crippen molar-refractivity contribution in [3.8, 4) is 0 Å². The van der Waals surface area contributed by atoms with Gasteiger partial charge in [0.1, 0.15) is 13.2 Å². The first kappa shape index (κ1) is 53.6. The zero-order chi connectivity index (χ0) is 40.8. The third-order valence-corrected chi connectivity index (χ3v) is 10.3. The van der Waals surface area contributed by atoms with E-state index >= 15 is 0 Å². The van der Waals surface area contributed by atoms with Crippen molar-refractivity contribution in [3.63, 3.8) is 0 Å². The minimum atomic E-state index is -0.786. The topological polar surface area (TPSA) is 78.9 Å². The van der Waals surface area contributed by atoms with Crippen molar-refractivity contribution >= 4 is 17.9 Å². The molecular formula is C50H90O6. The van der Waals surface area contributed by atoms with E-state index in [1.54, 1.807) is 0 Å². The van der Waals surface area contributed by atoms with Crippen LogP contribution in [-0.2, 0) is 28.6 Å². The van der Waals surface area contributed by atoms with Crippen molar-refractivity contribution < 1.29 is 28.6 Å². The summed E-state index contributed by atoms with van der Waals surface area (Å²) in [5.41, 5.74) is 0. The van der Waals surface area contributed by atoms with Crippen LogP contribution in [0.3, 0.4) is 0 Å². The van der Waals surface area contributed by atoms with Crippen LogP contribution in [0.1, 0.15) is 245 Å². The molecule has 0 aromatic carbocycles. The van der Waals surface area contributed by atoms with E-state index < -0.39 is 6.10 Å². The Morgan fingerprint density at radius 2 is 0.625 bits per heavy atom. The van der Waals surface area contributed by atoms with Crippen LogP contribution in [0.25, 0.3) is 0 Å². The van der Waals surface area contributed by atoms with E-state index in [2.05, 4.69) is 57.2 Å². The molecule has 0 N–H and O–H groups in total. The molecule has 1 unspecified atom stereocenters. The van der Waals surface area contributed by atoms with E-state index in [-0.39, 0.29) is 31.1 Å². The Labute approximate surface area is 346 Å². The maximum Gasteiger partial charge on any atom is 0.306 e. The van der Waals surface area contributed by atoms with Crippen molar-refractivity contribution in [2.45, 2.75) is 252 Å². The summed E-state index contributed by atoms with van der Waals surface area (Å²) in [5, 5.41) is 0. The first-order valence-corrected chi connectivity index (χ1v) is 24.0. The van der Waals surface area contributed by atoms with Gasteiger partial charge in [0.05, 0.1) is 0 Å². The van der Waals surface area contributed by atoms with Crippen LogP contribution in [0.4, 0.5) is 0 Å². The third kappa shape index (κ3) is 42.8. The van der Waals surface area contributed by atoms with Crippen LogP contribution in [0.2, 0.25) is 0 Å². The highest BCUT2D eigenvalue weighted by atomic mass is 16.6. The lowest BCUT2D eigenvalue weighted by atomic mass is 10.1. The van der Waals surface area contributed by atoms with Gasteiger partial charge in [-0.15, -0.1) is 0 Å². The number of allylic oxidation sites excluding steroid dienone is 6. The predicted molar refractivity (Wildman–Crippen MR) is 238 cm³/mol. The lowest BCUT2D eigenvalue weighted by molar-refractivity contribution is -0.167. The van der Waals surface area contributed by atoms with Gasteiger partial charge in [-0.3, -0.25) is 14.4 Å². The molecule has 0 amide bonds. The van der Waals surface area contributed by atoms with E-state index in [0.29, 0.717) is 19.3 Å². The smallest absolute Gasteiger partial charge is 0.306 e. The van der Waals surface area contributed by atoms with Gasteiger partial charge in [0, 0.05) is 19.3 Å². The molecule has 0 aromatic rings. The maximum atomic E-state index is 12.7. The molecule has 0 aliphatic carbocycles. The van der Waals surface area contributed by atoms with Gasteiger partial charge in [-0.2, -0.15) is 0 Å². The minimum Gasteiger partial charge on any atom is -0.462 e. The van der Waals surface area contributed by atoms with Crippen LogP contribution in [-0.4, -0.2) is 37.2 Å². The molecule has 0 aliphatic heterocycles. The van der Waals surface area contributed by atoms with Crippen LogP contribution >= 0.6 is 0 Å². The number of rotatable bonds is 43. The number of unbranched alkanes of at least 4 members (excludes halogenated alkanes) is 26. The first-order valence-electron chi connectivity index (χ1n) is 24.0. The standard InChI is InChI=1S/C50H90O6/c1-4-7-10-13-16-19-21-22-23-24-25-26-27-28-29-32-34-37-40-43-49(52)55-46-47(45-54-48(51)42-39-36-33-30-18-15-12-9-6-3)56-50(53)44-41-38-35-31-20-17-14-11-8-5-2/h14,17,24-25,30,33,47H,4-13,15-16,18-23,26-29,31-32,34-46H2,1-3H3/b17-14-,25-24-,33-30-. The van der Waals surface area contributed by atoms with Gasteiger partial charge < -0.3 is 14.2 Å². The van der Waals surface area contributed by atoms with Crippen LogP contribution in [0.5, 0.6) is 0 Å². The summed E-state index contributed by atoms with van der Waals surface area (Å²) in [4.78, 5) is 37.7. The normalized spacial score (nSPS) is 12.3. The second-order valence-electron chi connectivity index (χ2n) is 16.0. The van der Waals surface area contributed by atoms with Gasteiger partial charge in [0.2, 0.25) is 0 Å². The summed E-state index contributed by atoms with van der Waals surface area (Å²) < 4.78 is 16.6. The molecular weight excluding hydrogens is 697 g/mol. The van der Waals surface area contributed by atoms with Crippen LogP contribution in [0.15, 0.2) is 36.5 Å². The first-order chi connectivity index (χ1) is 27.5. The summed E-state index contributed by atoms with van der Waals surface area (Å²) in [5.74, 6) is -0.940. The lowest BCUT2D eigenvalue weighted by Gasteiger charge is -2.18. The average molecular weight is 787 g/mol. The van der Waals surface area contributed by atoms with Crippen LogP contribution in [0, 0.1) is 0 Å². The molecule has 0 aromatic heterocycles. The zero-order valence-electron chi connectivity index (χ0n) is 37.2. The number of carbonyl (C=O) groups is 3. The van der Waals surface area contributed by atoms with Crippen molar-refractivity contribution in [1.82, 2.24) is 0 Å². The molecule has 0 aliphatic rings. The van der Waals surface area contributed by atoms with Crippen molar-refractivity contribution in [2.24, 2.45) is 0 Å². The van der Waals surface area contributed by atoms with Gasteiger partial charge in [0.15, 0.2) is 6.10 Å². The average Bonchev–Trinajstić information content (AvgIpc) is 3.19. The largest absolute Gasteiger partial charge is 0.462 e. The molecule has 56 heavy (non-hydrogen) atoms. The molecule has 0 rings (SSSR count). The van der Waals surface area contributed by atoms with Crippen molar-refractivity contribution in [3.05, 3.63) is 36.5 Å². The Bertz CT molecular complexity index is 953. The Kier molecular flexibility index (Phi) is 43.4. The SMILES string of the molecule is CCCC/C=C\CCCCCCC(=O)OC(COC(=O)CCC/C=C\CCCCCC)COC(=O)CCCCCCCCC/C=C\CCCCCCCCCC. The van der Waals surface area contributed by atoms with Crippen molar-refractivity contribution in [1.29, 1.82) is 0 Å². The van der Waals surface area contributed by atoms with Gasteiger partial charge in [-0.05, 0) is 83.5 Å². The maximum absolute atomic E-state index is 12.7. The number of carbonyl (C=O) groups excluding carboxylic acids is 3. The fourth-order valence-electron chi connectivity index (χ4n) is 6.66. The highest BCUT2D eigenvalue weighted by molar-refractivity contribution is 5.71. The molecule has 0 bridgehead atoms. The molecule has 326 valence electrons. The summed E-state index contributed by atoms with van der Waals surface area (Å²) in [6.45, 7) is 6.52. The second kappa shape index (κ2) is 45.3. The highest BCUT2D eigenvalue weighted by Gasteiger charge is 2.19. The third-order valence-electron chi connectivity index (χ3n) is 10.3. The summed E-state index contributed by atoms with van der Waals surface area (Å²) in [6, 6.07) is 0. The molecule has 6 heteroatoms. The zero-order valence-corrected chi connectivity index (χ0v) is 37.2. The van der Waals surface area contributed by atoms with Gasteiger partial charge in [-0.1, -0.05) is 179 Å².